The minimum absolute atomic E-state index is 0.0144. The highest BCUT2D eigenvalue weighted by Gasteiger charge is 2.31. The number of nitrogens with zero attached hydrogens (tertiary/aromatic N) is 1. The monoisotopic (exact) mass is 327 g/mol. The van der Waals surface area contributed by atoms with Gasteiger partial charge in [0.25, 0.3) is 5.91 Å². The fraction of sp³-hybridized carbons (Fsp3) is 0.368. The number of benzene rings is 2. The number of hydrogen-bond donors (Lipinski definition) is 0. The van der Waals surface area contributed by atoms with E-state index in [1.54, 1.807) is 19.1 Å². The lowest BCUT2D eigenvalue weighted by molar-refractivity contribution is -0.152. The molecule has 2 aromatic rings. The molecule has 0 aliphatic heterocycles. The van der Waals surface area contributed by atoms with Crippen molar-refractivity contribution in [2.75, 3.05) is 20.8 Å². The Bertz CT molecular complexity index is 767. The summed E-state index contributed by atoms with van der Waals surface area (Å²) in [6.07, 6.45) is 1.76. The highest BCUT2D eigenvalue weighted by molar-refractivity contribution is 5.85. The molecule has 126 valence electrons. The molecule has 1 amide bonds. The number of rotatable bonds is 6. The number of methoxy groups -OCH3 is 1. The first-order valence-electron chi connectivity index (χ1n) is 8.04. The van der Waals surface area contributed by atoms with E-state index in [0.29, 0.717) is 6.54 Å². The van der Waals surface area contributed by atoms with E-state index in [-0.39, 0.29) is 24.4 Å². The molecule has 1 aliphatic carbocycles. The van der Waals surface area contributed by atoms with Gasteiger partial charge in [0.05, 0.1) is 13.0 Å². The van der Waals surface area contributed by atoms with E-state index >= 15 is 0 Å². The lowest BCUT2D eigenvalue weighted by atomic mass is 10.1. The van der Waals surface area contributed by atoms with Crippen molar-refractivity contribution in [3.63, 3.8) is 0 Å². The quantitative estimate of drug-likeness (QED) is 0.766. The molecule has 1 aliphatic rings. The smallest absolute Gasteiger partial charge is 0.309 e. The van der Waals surface area contributed by atoms with Crippen LogP contribution in [-0.4, -0.2) is 37.5 Å². The SMILES string of the molecule is COc1ccc2cc(CN(C)C(=O)COC(=O)C3CC3)ccc2c1. The number of hydrogen-bond acceptors (Lipinski definition) is 4. The number of esters is 1. The first kappa shape index (κ1) is 16.3. The van der Waals surface area contributed by atoms with Crippen LogP contribution in [0.1, 0.15) is 18.4 Å². The molecule has 2 aromatic carbocycles. The molecule has 24 heavy (non-hydrogen) atoms. The second-order valence-electron chi connectivity index (χ2n) is 6.18. The number of ether oxygens (including phenoxy) is 2. The lowest BCUT2D eigenvalue weighted by Crippen LogP contribution is -2.31. The minimum Gasteiger partial charge on any atom is -0.497 e. The van der Waals surface area contributed by atoms with Crippen LogP contribution in [-0.2, 0) is 20.9 Å². The molecule has 0 saturated heterocycles. The van der Waals surface area contributed by atoms with Crippen molar-refractivity contribution < 1.29 is 19.1 Å². The van der Waals surface area contributed by atoms with Crippen molar-refractivity contribution in [2.45, 2.75) is 19.4 Å². The highest BCUT2D eigenvalue weighted by atomic mass is 16.5. The first-order chi connectivity index (χ1) is 11.6. The first-order valence-corrected chi connectivity index (χ1v) is 8.04. The number of fused-ring (bicyclic) bond motifs is 1. The summed E-state index contributed by atoms with van der Waals surface area (Å²) in [5.41, 5.74) is 1.03. The van der Waals surface area contributed by atoms with Gasteiger partial charge in [0.15, 0.2) is 6.61 Å². The van der Waals surface area contributed by atoms with Gasteiger partial charge in [-0.1, -0.05) is 18.2 Å². The Hall–Kier alpha value is -2.56. The van der Waals surface area contributed by atoms with E-state index < -0.39 is 0 Å². The summed E-state index contributed by atoms with van der Waals surface area (Å²) in [5, 5.41) is 2.18. The van der Waals surface area contributed by atoms with Gasteiger partial charge in [0.1, 0.15) is 5.75 Å². The summed E-state index contributed by atoms with van der Waals surface area (Å²) in [4.78, 5) is 25.1. The van der Waals surface area contributed by atoms with Gasteiger partial charge >= 0.3 is 5.97 Å². The van der Waals surface area contributed by atoms with Crippen molar-refractivity contribution in [1.82, 2.24) is 4.90 Å². The van der Waals surface area contributed by atoms with Gasteiger partial charge in [-0.3, -0.25) is 9.59 Å². The van der Waals surface area contributed by atoms with Crippen LogP contribution in [0.3, 0.4) is 0 Å². The third-order valence-corrected chi connectivity index (χ3v) is 4.21. The van der Waals surface area contributed by atoms with Gasteiger partial charge in [0, 0.05) is 13.6 Å². The van der Waals surface area contributed by atoms with Crippen molar-refractivity contribution in [2.24, 2.45) is 5.92 Å². The molecule has 0 unspecified atom stereocenters. The third kappa shape index (κ3) is 3.85. The van der Waals surface area contributed by atoms with Crippen molar-refractivity contribution in [3.05, 3.63) is 42.0 Å². The average Bonchev–Trinajstić information content (AvgIpc) is 3.43. The summed E-state index contributed by atoms with van der Waals surface area (Å²) in [5.74, 6) is 0.385. The van der Waals surface area contributed by atoms with Crippen molar-refractivity contribution in [1.29, 1.82) is 0 Å². The van der Waals surface area contributed by atoms with E-state index in [2.05, 4.69) is 6.07 Å². The Balaban J connectivity index is 1.60. The zero-order valence-electron chi connectivity index (χ0n) is 14.0. The Labute approximate surface area is 141 Å². The maximum atomic E-state index is 12.1. The molecular formula is C19H21NO4. The lowest BCUT2D eigenvalue weighted by Gasteiger charge is -2.17. The van der Waals surface area contributed by atoms with Crippen LogP contribution in [0.4, 0.5) is 0 Å². The molecule has 0 N–H and O–H groups in total. The molecule has 0 atom stereocenters. The fourth-order valence-corrected chi connectivity index (χ4v) is 2.54. The van der Waals surface area contributed by atoms with Gasteiger partial charge in [0.2, 0.25) is 0 Å². The van der Waals surface area contributed by atoms with Crippen LogP contribution in [0.15, 0.2) is 36.4 Å². The van der Waals surface area contributed by atoms with Gasteiger partial charge in [-0.2, -0.15) is 0 Å². The van der Waals surface area contributed by atoms with Crippen LogP contribution in [0.25, 0.3) is 10.8 Å². The summed E-state index contributed by atoms with van der Waals surface area (Å²) >= 11 is 0. The minimum atomic E-state index is -0.253. The van der Waals surface area contributed by atoms with E-state index in [1.165, 1.54) is 0 Å². The standard InChI is InChI=1S/C19H21NO4/c1-20(18(21)12-24-19(22)14-5-6-14)11-13-3-4-16-10-17(23-2)8-7-15(16)9-13/h3-4,7-10,14H,5-6,11-12H2,1-2H3. The Morgan fingerprint density at radius 2 is 1.83 bits per heavy atom. The molecule has 1 fully saturated rings. The predicted octanol–water partition coefficient (Wildman–Crippen LogP) is 2.76. The zero-order chi connectivity index (χ0) is 17.1. The molecule has 0 heterocycles. The number of carbonyl (C=O) groups excluding carboxylic acids is 2. The van der Waals surface area contributed by atoms with Crippen LogP contribution in [0, 0.1) is 5.92 Å². The maximum Gasteiger partial charge on any atom is 0.309 e. The second-order valence-corrected chi connectivity index (χ2v) is 6.18. The Kier molecular flexibility index (Phi) is 4.69. The second kappa shape index (κ2) is 6.91. The van der Waals surface area contributed by atoms with Gasteiger partial charge in [-0.05, 0) is 47.4 Å². The molecular weight excluding hydrogens is 306 g/mol. The average molecular weight is 327 g/mol. The maximum absolute atomic E-state index is 12.1. The van der Waals surface area contributed by atoms with E-state index in [4.69, 9.17) is 9.47 Å². The molecule has 5 heteroatoms. The Morgan fingerprint density at radius 3 is 2.54 bits per heavy atom. The zero-order valence-corrected chi connectivity index (χ0v) is 14.0. The van der Waals surface area contributed by atoms with E-state index in [9.17, 15) is 9.59 Å². The molecule has 0 spiro atoms. The fourth-order valence-electron chi connectivity index (χ4n) is 2.54. The normalized spacial score (nSPS) is 13.6. The van der Waals surface area contributed by atoms with Crippen LogP contribution >= 0.6 is 0 Å². The number of carbonyl (C=O) groups is 2. The Morgan fingerprint density at radius 1 is 1.12 bits per heavy atom. The van der Waals surface area contributed by atoms with Gasteiger partial charge < -0.3 is 14.4 Å². The molecule has 0 radical (unpaired) electrons. The summed E-state index contributed by atoms with van der Waals surface area (Å²) in [6, 6.07) is 11.9. The third-order valence-electron chi connectivity index (χ3n) is 4.21. The molecule has 3 rings (SSSR count). The summed E-state index contributed by atoms with van der Waals surface area (Å²) in [7, 11) is 3.36. The molecule has 0 bridgehead atoms. The van der Waals surface area contributed by atoms with Gasteiger partial charge in [-0.15, -0.1) is 0 Å². The topological polar surface area (TPSA) is 55.8 Å². The van der Waals surface area contributed by atoms with Gasteiger partial charge in [-0.25, -0.2) is 0 Å². The largest absolute Gasteiger partial charge is 0.497 e. The molecule has 5 nitrogen and oxygen atoms in total. The predicted molar refractivity (Wildman–Crippen MR) is 90.7 cm³/mol. The van der Waals surface area contributed by atoms with Crippen LogP contribution < -0.4 is 4.74 Å². The summed E-state index contributed by atoms with van der Waals surface area (Å²) < 4.78 is 10.3. The van der Waals surface area contributed by atoms with Crippen LogP contribution in [0.2, 0.25) is 0 Å². The molecule has 0 aromatic heterocycles. The van der Waals surface area contributed by atoms with Crippen molar-refractivity contribution in [3.8, 4) is 5.75 Å². The van der Waals surface area contributed by atoms with E-state index in [0.717, 1.165) is 34.9 Å². The summed E-state index contributed by atoms with van der Waals surface area (Å²) in [6.45, 7) is 0.290. The van der Waals surface area contributed by atoms with Crippen LogP contribution in [0.5, 0.6) is 5.75 Å². The number of likely N-dealkylation sites (N-methyl/N-ethyl adjacent to an activating group) is 1. The number of amides is 1. The molecule has 1 saturated carbocycles. The highest BCUT2D eigenvalue weighted by Crippen LogP contribution is 2.30. The van der Waals surface area contributed by atoms with Crippen molar-refractivity contribution >= 4 is 22.6 Å². The van der Waals surface area contributed by atoms with E-state index in [1.807, 2.05) is 30.3 Å².